The van der Waals surface area contributed by atoms with E-state index in [0.717, 1.165) is 16.7 Å². The van der Waals surface area contributed by atoms with Gasteiger partial charge in [0.05, 0.1) is 4.61 Å². The second kappa shape index (κ2) is 5.78. The van der Waals surface area contributed by atoms with Crippen LogP contribution in [0.15, 0.2) is 28.4 Å². The molecule has 2 rings (SSSR count). The minimum Gasteiger partial charge on any atom is -0.356 e. The largest absolute Gasteiger partial charge is 0.356 e. The minimum atomic E-state index is 0.0238. The molecule has 1 amide bonds. The number of nitrogens with one attached hydrogen (secondary N) is 2. The molecule has 1 heterocycles. The van der Waals surface area contributed by atoms with E-state index in [1.54, 1.807) is 6.92 Å². The van der Waals surface area contributed by atoms with Crippen LogP contribution in [0.2, 0.25) is 0 Å². The van der Waals surface area contributed by atoms with Crippen molar-refractivity contribution in [3.63, 3.8) is 0 Å². The van der Waals surface area contributed by atoms with E-state index in [0.29, 0.717) is 12.5 Å². The molecule has 0 bridgehead atoms. The summed E-state index contributed by atoms with van der Waals surface area (Å²) >= 11 is 3.56. The Morgan fingerprint density at radius 3 is 2.89 bits per heavy atom. The molecule has 0 fully saturated rings. The zero-order valence-corrected chi connectivity index (χ0v) is 13.1. The van der Waals surface area contributed by atoms with Crippen molar-refractivity contribution in [3.8, 4) is 0 Å². The Morgan fingerprint density at radius 1 is 1.47 bits per heavy atom. The standard InChI is InChI=1S/C15H19BrN2O/c1-9-10(2)15(16)18-14-5-4-12(8-13(9)14)6-7-17-11(3)19/h4-5,8-9,18H,6-7H2,1-3H3,(H,17,19). The summed E-state index contributed by atoms with van der Waals surface area (Å²) in [5, 5.41) is 6.20. The van der Waals surface area contributed by atoms with Crippen molar-refractivity contribution in [2.24, 2.45) is 0 Å². The van der Waals surface area contributed by atoms with Gasteiger partial charge in [-0.25, -0.2) is 0 Å². The van der Waals surface area contributed by atoms with Crippen LogP contribution in [-0.2, 0) is 11.2 Å². The number of hydrogen-bond donors (Lipinski definition) is 2. The van der Waals surface area contributed by atoms with E-state index in [2.05, 4.69) is 58.6 Å². The monoisotopic (exact) mass is 322 g/mol. The third-order valence-corrected chi connectivity index (χ3v) is 4.43. The number of fused-ring (bicyclic) bond motifs is 1. The van der Waals surface area contributed by atoms with Crippen LogP contribution in [0.5, 0.6) is 0 Å². The molecule has 0 aliphatic carbocycles. The average molecular weight is 323 g/mol. The zero-order valence-electron chi connectivity index (χ0n) is 11.5. The van der Waals surface area contributed by atoms with Crippen LogP contribution in [0.3, 0.4) is 0 Å². The number of amides is 1. The van der Waals surface area contributed by atoms with Crippen LogP contribution in [-0.4, -0.2) is 12.5 Å². The van der Waals surface area contributed by atoms with Gasteiger partial charge in [-0.15, -0.1) is 0 Å². The maximum Gasteiger partial charge on any atom is 0.216 e. The Balaban J connectivity index is 2.15. The Morgan fingerprint density at radius 2 is 2.21 bits per heavy atom. The number of halogens is 1. The molecule has 0 saturated heterocycles. The van der Waals surface area contributed by atoms with Gasteiger partial charge in [0.25, 0.3) is 0 Å². The lowest BCUT2D eigenvalue weighted by Crippen LogP contribution is -2.22. The van der Waals surface area contributed by atoms with Crippen molar-refractivity contribution < 1.29 is 4.79 Å². The summed E-state index contributed by atoms with van der Waals surface area (Å²) < 4.78 is 1.07. The molecular weight excluding hydrogens is 304 g/mol. The summed E-state index contributed by atoms with van der Waals surface area (Å²) in [4.78, 5) is 10.9. The molecule has 4 heteroatoms. The smallest absolute Gasteiger partial charge is 0.216 e. The van der Waals surface area contributed by atoms with Gasteiger partial charge in [0.1, 0.15) is 0 Å². The molecule has 1 unspecified atom stereocenters. The second-order valence-electron chi connectivity index (χ2n) is 5.00. The highest BCUT2D eigenvalue weighted by Gasteiger charge is 2.20. The van der Waals surface area contributed by atoms with E-state index in [1.165, 1.54) is 16.7 Å². The quantitative estimate of drug-likeness (QED) is 0.836. The van der Waals surface area contributed by atoms with Crippen LogP contribution in [0.1, 0.15) is 37.8 Å². The fraction of sp³-hybridized carbons (Fsp3) is 0.400. The van der Waals surface area contributed by atoms with Gasteiger partial charge in [0.2, 0.25) is 5.91 Å². The summed E-state index contributed by atoms with van der Waals surface area (Å²) in [6, 6.07) is 6.46. The van der Waals surface area contributed by atoms with Crippen LogP contribution in [0.25, 0.3) is 0 Å². The molecule has 19 heavy (non-hydrogen) atoms. The molecule has 0 spiro atoms. The summed E-state index contributed by atoms with van der Waals surface area (Å²) in [7, 11) is 0. The lowest BCUT2D eigenvalue weighted by molar-refractivity contribution is -0.118. The van der Waals surface area contributed by atoms with Gasteiger partial charge in [-0.3, -0.25) is 4.79 Å². The van der Waals surface area contributed by atoms with Crippen LogP contribution < -0.4 is 10.6 Å². The van der Waals surface area contributed by atoms with E-state index in [9.17, 15) is 4.79 Å². The van der Waals surface area contributed by atoms with E-state index in [1.807, 2.05) is 0 Å². The number of benzene rings is 1. The van der Waals surface area contributed by atoms with Gasteiger partial charge in [-0.2, -0.15) is 0 Å². The molecular formula is C15H19BrN2O. The van der Waals surface area contributed by atoms with Crippen molar-refractivity contribution in [2.45, 2.75) is 33.1 Å². The maximum atomic E-state index is 10.9. The lowest BCUT2D eigenvalue weighted by atomic mass is 9.89. The van der Waals surface area contributed by atoms with Gasteiger partial charge in [-0.05, 0) is 52.0 Å². The van der Waals surface area contributed by atoms with Crippen molar-refractivity contribution in [2.75, 3.05) is 11.9 Å². The average Bonchev–Trinajstić information content (AvgIpc) is 2.36. The Labute approximate surface area is 122 Å². The Bertz CT molecular complexity index is 537. The summed E-state index contributed by atoms with van der Waals surface area (Å²) in [6.45, 7) is 6.58. The maximum absolute atomic E-state index is 10.9. The third-order valence-electron chi connectivity index (χ3n) is 3.61. The SMILES string of the molecule is CC(=O)NCCc1ccc2c(c1)C(C)C(C)=C(Br)N2. The predicted molar refractivity (Wildman–Crippen MR) is 82.5 cm³/mol. The van der Waals surface area contributed by atoms with Crippen LogP contribution in [0, 0.1) is 0 Å². The van der Waals surface area contributed by atoms with E-state index < -0.39 is 0 Å². The first kappa shape index (κ1) is 14.1. The summed E-state index contributed by atoms with van der Waals surface area (Å²) in [6.07, 6.45) is 0.865. The van der Waals surface area contributed by atoms with E-state index >= 15 is 0 Å². The summed E-state index contributed by atoms with van der Waals surface area (Å²) in [5.74, 6) is 0.432. The highest BCUT2D eigenvalue weighted by Crippen LogP contribution is 2.38. The summed E-state index contributed by atoms with van der Waals surface area (Å²) in [5.41, 5.74) is 5.05. The highest BCUT2D eigenvalue weighted by atomic mass is 79.9. The number of allylic oxidation sites excluding steroid dienone is 1. The first-order valence-electron chi connectivity index (χ1n) is 6.49. The first-order chi connectivity index (χ1) is 8.99. The highest BCUT2D eigenvalue weighted by molar-refractivity contribution is 9.11. The van der Waals surface area contributed by atoms with Gasteiger partial charge < -0.3 is 10.6 Å². The first-order valence-corrected chi connectivity index (χ1v) is 7.29. The normalized spacial score (nSPS) is 17.8. The number of anilines is 1. The molecule has 0 aromatic heterocycles. The topological polar surface area (TPSA) is 41.1 Å². The van der Waals surface area contributed by atoms with Gasteiger partial charge >= 0.3 is 0 Å². The molecule has 0 saturated carbocycles. The Kier molecular flexibility index (Phi) is 4.30. The van der Waals surface area contributed by atoms with E-state index in [4.69, 9.17) is 0 Å². The minimum absolute atomic E-state index is 0.0238. The lowest BCUT2D eigenvalue weighted by Gasteiger charge is -2.26. The van der Waals surface area contributed by atoms with Crippen LogP contribution >= 0.6 is 15.9 Å². The van der Waals surface area contributed by atoms with Gasteiger partial charge in [-0.1, -0.05) is 19.1 Å². The molecule has 1 aliphatic rings. The molecule has 102 valence electrons. The second-order valence-corrected chi connectivity index (χ2v) is 5.79. The molecule has 2 N–H and O–H groups in total. The van der Waals surface area contributed by atoms with Crippen molar-refractivity contribution in [1.29, 1.82) is 0 Å². The molecule has 1 aromatic rings. The number of hydrogen-bond acceptors (Lipinski definition) is 2. The molecule has 1 atom stereocenters. The zero-order chi connectivity index (χ0) is 14.0. The van der Waals surface area contributed by atoms with E-state index in [-0.39, 0.29) is 5.91 Å². The predicted octanol–water partition coefficient (Wildman–Crippen LogP) is 3.52. The van der Waals surface area contributed by atoms with Crippen molar-refractivity contribution in [1.82, 2.24) is 5.32 Å². The fourth-order valence-electron chi connectivity index (χ4n) is 2.26. The molecule has 1 aromatic carbocycles. The van der Waals surface area contributed by atoms with Crippen molar-refractivity contribution in [3.05, 3.63) is 39.5 Å². The van der Waals surface area contributed by atoms with Crippen LogP contribution in [0.4, 0.5) is 5.69 Å². The number of carbonyl (C=O) groups is 1. The molecule has 0 radical (unpaired) electrons. The molecule has 1 aliphatic heterocycles. The number of rotatable bonds is 3. The van der Waals surface area contributed by atoms with Crippen molar-refractivity contribution >= 4 is 27.5 Å². The molecule has 3 nitrogen and oxygen atoms in total. The third kappa shape index (κ3) is 3.18. The number of carbonyl (C=O) groups excluding carboxylic acids is 1. The Hall–Kier alpha value is -1.29. The fourth-order valence-corrected chi connectivity index (χ4v) is 2.82. The van der Waals surface area contributed by atoms with Gasteiger partial charge in [0.15, 0.2) is 0 Å². The van der Waals surface area contributed by atoms with Gasteiger partial charge in [0, 0.05) is 25.1 Å².